The summed E-state index contributed by atoms with van der Waals surface area (Å²) >= 11 is 0. The van der Waals surface area contributed by atoms with Crippen molar-refractivity contribution in [1.82, 2.24) is 15.0 Å². The molecule has 0 saturated heterocycles. The van der Waals surface area contributed by atoms with Gasteiger partial charge in [0.25, 0.3) is 0 Å². The summed E-state index contributed by atoms with van der Waals surface area (Å²) < 4.78 is 5.07. The van der Waals surface area contributed by atoms with E-state index in [0.717, 1.165) is 22.9 Å². The van der Waals surface area contributed by atoms with E-state index in [1.807, 2.05) is 25.2 Å². The van der Waals surface area contributed by atoms with Gasteiger partial charge in [0.1, 0.15) is 11.6 Å². The zero-order valence-electron chi connectivity index (χ0n) is 11.1. The van der Waals surface area contributed by atoms with Gasteiger partial charge in [-0.05, 0) is 18.9 Å². The van der Waals surface area contributed by atoms with E-state index in [2.05, 4.69) is 20.3 Å². The lowest BCUT2D eigenvalue weighted by molar-refractivity contribution is 0.398. The van der Waals surface area contributed by atoms with Gasteiger partial charge in [0.05, 0.1) is 12.8 Å². The first kappa shape index (κ1) is 11.9. The van der Waals surface area contributed by atoms with Gasteiger partial charge >= 0.3 is 0 Å². The van der Waals surface area contributed by atoms with Crippen molar-refractivity contribution in [2.45, 2.75) is 18.8 Å². The first-order chi connectivity index (χ1) is 9.30. The lowest BCUT2D eigenvalue weighted by Gasteiger charge is -2.07. The van der Waals surface area contributed by atoms with Gasteiger partial charge in [-0.3, -0.25) is 0 Å². The average molecular weight is 256 g/mol. The van der Waals surface area contributed by atoms with Crippen molar-refractivity contribution in [3.63, 3.8) is 0 Å². The second-order valence-electron chi connectivity index (χ2n) is 4.61. The van der Waals surface area contributed by atoms with Gasteiger partial charge in [-0.25, -0.2) is 15.0 Å². The molecule has 2 aromatic rings. The Morgan fingerprint density at radius 2 is 2.11 bits per heavy atom. The predicted octanol–water partition coefficient (Wildman–Crippen LogP) is 2.47. The van der Waals surface area contributed by atoms with E-state index >= 15 is 0 Å². The Morgan fingerprint density at radius 3 is 2.68 bits per heavy atom. The third-order valence-electron chi connectivity index (χ3n) is 3.18. The van der Waals surface area contributed by atoms with Gasteiger partial charge in [0.2, 0.25) is 5.88 Å². The van der Waals surface area contributed by atoms with Crippen LogP contribution in [0.1, 0.15) is 24.6 Å². The van der Waals surface area contributed by atoms with Gasteiger partial charge < -0.3 is 10.1 Å². The lowest BCUT2D eigenvalue weighted by atomic mass is 10.2. The molecule has 0 amide bonds. The molecular formula is C14H16N4O. The minimum Gasteiger partial charge on any atom is -0.481 e. The molecule has 5 nitrogen and oxygen atoms in total. The van der Waals surface area contributed by atoms with Crippen LogP contribution in [0.3, 0.4) is 0 Å². The molecule has 1 aliphatic rings. The SMILES string of the molecule is CNc1cc(-c2ccc(OC)nc2)nc(C2CC2)n1. The van der Waals surface area contributed by atoms with Crippen molar-refractivity contribution in [3.05, 3.63) is 30.2 Å². The van der Waals surface area contributed by atoms with E-state index in [1.54, 1.807) is 13.3 Å². The Kier molecular flexibility index (Phi) is 3.03. The normalized spacial score (nSPS) is 14.2. The van der Waals surface area contributed by atoms with Crippen molar-refractivity contribution in [3.8, 4) is 17.1 Å². The summed E-state index contributed by atoms with van der Waals surface area (Å²) in [5, 5.41) is 3.09. The van der Waals surface area contributed by atoms with Crippen LogP contribution < -0.4 is 10.1 Å². The molecule has 1 aliphatic carbocycles. The van der Waals surface area contributed by atoms with Crippen molar-refractivity contribution < 1.29 is 4.74 Å². The van der Waals surface area contributed by atoms with Crippen LogP contribution in [-0.2, 0) is 0 Å². The van der Waals surface area contributed by atoms with Crippen LogP contribution in [0.25, 0.3) is 11.3 Å². The lowest BCUT2D eigenvalue weighted by Crippen LogP contribution is -2.01. The first-order valence-corrected chi connectivity index (χ1v) is 6.37. The number of nitrogens with zero attached hydrogens (tertiary/aromatic N) is 3. The van der Waals surface area contributed by atoms with Gasteiger partial charge in [0, 0.05) is 36.9 Å². The number of nitrogens with one attached hydrogen (secondary N) is 1. The molecule has 0 aromatic carbocycles. The zero-order valence-corrected chi connectivity index (χ0v) is 11.1. The molecular weight excluding hydrogens is 240 g/mol. The standard InChI is InChI=1S/C14H16N4O/c1-15-12-7-11(17-14(18-12)9-3-4-9)10-5-6-13(19-2)16-8-10/h5-9H,3-4H2,1-2H3,(H,15,17,18). The summed E-state index contributed by atoms with van der Waals surface area (Å²) in [4.78, 5) is 13.4. The fourth-order valence-corrected chi connectivity index (χ4v) is 1.92. The highest BCUT2D eigenvalue weighted by molar-refractivity contribution is 5.62. The minimum absolute atomic E-state index is 0.526. The second-order valence-corrected chi connectivity index (χ2v) is 4.61. The number of hydrogen-bond acceptors (Lipinski definition) is 5. The molecule has 1 N–H and O–H groups in total. The van der Waals surface area contributed by atoms with Crippen LogP contribution in [0.15, 0.2) is 24.4 Å². The summed E-state index contributed by atoms with van der Waals surface area (Å²) in [7, 11) is 3.48. The smallest absolute Gasteiger partial charge is 0.212 e. The van der Waals surface area contributed by atoms with Crippen LogP contribution in [0.5, 0.6) is 5.88 Å². The first-order valence-electron chi connectivity index (χ1n) is 6.37. The number of aromatic nitrogens is 3. The molecule has 0 bridgehead atoms. The maximum atomic E-state index is 5.07. The summed E-state index contributed by atoms with van der Waals surface area (Å²) in [6, 6.07) is 5.74. The molecule has 0 aliphatic heterocycles. The Bertz CT molecular complexity index is 578. The van der Waals surface area contributed by atoms with Crippen molar-refractivity contribution in [1.29, 1.82) is 0 Å². The molecule has 1 fully saturated rings. The maximum absolute atomic E-state index is 5.07. The predicted molar refractivity (Wildman–Crippen MR) is 73.3 cm³/mol. The third-order valence-corrected chi connectivity index (χ3v) is 3.18. The Hall–Kier alpha value is -2.17. The van der Waals surface area contributed by atoms with E-state index in [1.165, 1.54) is 12.8 Å². The number of methoxy groups -OCH3 is 1. The van der Waals surface area contributed by atoms with Crippen LogP contribution >= 0.6 is 0 Å². The summed E-state index contributed by atoms with van der Waals surface area (Å²) in [5.74, 6) is 2.91. The largest absolute Gasteiger partial charge is 0.481 e. The number of rotatable bonds is 4. The van der Waals surface area contributed by atoms with Gasteiger partial charge in [0.15, 0.2) is 0 Å². The van der Waals surface area contributed by atoms with Crippen molar-refractivity contribution in [2.75, 3.05) is 19.5 Å². The van der Waals surface area contributed by atoms with Crippen LogP contribution in [0, 0.1) is 0 Å². The molecule has 0 radical (unpaired) electrons. The highest BCUT2D eigenvalue weighted by Gasteiger charge is 2.27. The molecule has 3 rings (SSSR count). The fraction of sp³-hybridized carbons (Fsp3) is 0.357. The van der Waals surface area contributed by atoms with Crippen LogP contribution in [0.4, 0.5) is 5.82 Å². The van der Waals surface area contributed by atoms with E-state index in [4.69, 9.17) is 4.74 Å². The molecule has 0 atom stereocenters. The minimum atomic E-state index is 0.526. The fourth-order valence-electron chi connectivity index (χ4n) is 1.92. The number of hydrogen-bond donors (Lipinski definition) is 1. The topological polar surface area (TPSA) is 59.9 Å². The summed E-state index contributed by atoms with van der Waals surface area (Å²) in [6.07, 6.45) is 4.15. The zero-order chi connectivity index (χ0) is 13.2. The van der Waals surface area contributed by atoms with Crippen LogP contribution in [0.2, 0.25) is 0 Å². The monoisotopic (exact) mass is 256 g/mol. The van der Waals surface area contributed by atoms with Gasteiger partial charge in [-0.2, -0.15) is 0 Å². The molecule has 0 unspecified atom stereocenters. The number of pyridine rings is 1. The molecule has 1 saturated carbocycles. The molecule has 19 heavy (non-hydrogen) atoms. The van der Waals surface area contributed by atoms with E-state index < -0.39 is 0 Å². The molecule has 2 heterocycles. The van der Waals surface area contributed by atoms with Crippen molar-refractivity contribution in [2.24, 2.45) is 0 Å². The molecule has 98 valence electrons. The summed E-state index contributed by atoms with van der Waals surface area (Å²) in [5.41, 5.74) is 1.87. The van der Waals surface area contributed by atoms with E-state index in [-0.39, 0.29) is 0 Å². The number of anilines is 1. The number of ether oxygens (including phenoxy) is 1. The molecule has 0 spiro atoms. The Labute approximate surface area is 112 Å². The van der Waals surface area contributed by atoms with E-state index in [0.29, 0.717) is 11.8 Å². The second kappa shape index (κ2) is 4.84. The molecule has 5 heteroatoms. The molecule has 2 aromatic heterocycles. The van der Waals surface area contributed by atoms with Crippen LogP contribution in [-0.4, -0.2) is 29.1 Å². The Balaban J connectivity index is 1.99. The average Bonchev–Trinajstić information content (AvgIpc) is 3.31. The van der Waals surface area contributed by atoms with Gasteiger partial charge in [-0.15, -0.1) is 0 Å². The van der Waals surface area contributed by atoms with Gasteiger partial charge in [-0.1, -0.05) is 0 Å². The highest BCUT2D eigenvalue weighted by atomic mass is 16.5. The Morgan fingerprint density at radius 1 is 1.26 bits per heavy atom. The highest BCUT2D eigenvalue weighted by Crippen LogP contribution is 2.39. The summed E-state index contributed by atoms with van der Waals surface area (Å²) in [6.45, 7) is 0. The maximum Gasteiger partial charge on any atom is 0.212 e. The third kappa shape index (κ3) is 2.50. The van der Waals surface area contributed by atoms with E-state index in [9.17, 15) is 0 Å². The quantitative estimate of drug-likeness (QED) is 0.910. The van der Waals surface area contributed by atoms with Crippen molar-refractivity contribution >= 4 is 5.82 Å².